The van der Waals surface area contributed by atoms with Crippen molar-refractivity contribution in [3.63, 3.8) is 0 Å². The molecule has 1 aliphatic heterocycles. The number of pyridine rings is 2. The van der Waals surface area contributed by atoms with Crippen LogP contribution in [0, 0.1) is 17.2 Å². The minimum atomic E-state index is -0.0507. The van der Waals surface area contributed by atoms with Gasteiger partial charge in [0, 0.05) is 40.8 Å². The average molecular weight is 436 g/mol. The largest absolute Gasteiger partial charge is 0.371 e. The molecule has 28 heavy (non-hydrogen) atoms. The Hall–Kier alpha value is -2.98. The third kappa shape index (κ3) is 3.82. The molecule has 1 saturated heterocycles. The lowest BCUT2D eigenvalue weighted by atomic mass is 9.95. The molecule has 2 aromatic heterocycles. The number of aromatic nitrogens is 2. The van der Waals surface area contributed by atoms with Crippen LogP contribution >= 0.6 is 15.9 Å². The molecule has 0 aliphatic carbocycles. The van der Waals surface area contributed by atoms with E-state index in [-0.39, 0.29) is 11.8 Å². The van der Waals surface area contributed by atoms with Crippen molar-refractivity contribution in [3.05, 3.63) is 58.8 Å². The Morgan fingerprint density at radius 3 is 2.71 bits per heavy atom. The van der Waals surface area contributed by atoms with E-state index in [1.165, 1.54) is 0 Å². The molecule has 1 aromatic carbocycles. The summed E-state index contributed by atoms with van der Waals surface area (Å²) in [5.41, 5.74) is 2.24. The molecule has 0 unspecified atom stereocenters. The molecule has 1 aliphatic rings. The summed E-state index contributed by atoms with van der Waals surface area (Å²) in [7, 11) is 0. The van der Waals surface area contributed by atoms with Gasteiger partial charge in [-0.3, -0.25) is 4.79 Å². The zero-order chi connectivity index (χ0) is 19.5. The zero-order valence-electron chi connectivity index (χ0n) is 15.1. The fraction of sp³-hybridized carbons (Fsp3) is 0.238. The molecule has 6 nitrogen and oxygen atoms in total. The van der Waals surface area contributed by atoms with E-state index >= 15 is 0 Å². The van der Waals surface area contributed by atoms with E-state index in [1.54, 1.807) is 12.3 Å². The Morgan fingerprint density at radius 1 is 1.21 bits per heavy atom. The van der Waals surface area contributed by atoms with Crippen LogP contribution in [0.4, 0.5) is 11.5 Å². The molecule has 3 aromatic rings. The van der Waals surface area contributed by atoms with Gasteiger partial charge < -0.3 is 10.2 Å². The number of piperidine rings is 1. The standard InChI is InChI=1S/C21H18BrN5O/c22-15-5-6-20(24-13-15)26-21(28)14-7-9-27(10-8-14)19-11-16(12-23)25-18-4-2-1-3-17(18)19/h1-6,11,13-14H,7-10H2,(H,24,26,28). The highest BCUT2D eigenvalue weighted by Crippen LogP contribution is 2.30. The molecule has 0 saturated carbocycles. The van der Waals surface area contributed by atoms with E-state index in [0.717, 1.165) is 47.0 Å². The first-order valence-corrected chi connectivity index (χ1v) is 9.90. The fourth-order valence-electron chi connectivity index (χ4n) is 3.54. The van der Waals surface area contributed by atoms with Crippen LogP contribution in [-0.2, 0) is 4.79 Å². The third-order valence-corrected chi connectivity index (χ3v) is 5.46. The lowest BCUT2D eigenvalue weighted by molar-refractivity contribution is -0.120. The number of rotatable bonds is 3. The smallest absolute Gasteiger partial charge is 0.228 e. The minimum Gasteiger partial charge on any atom is -0.371 e. The Bertz CT molecular complexity index is 1050. The lowest BCUT2D eigenvalue weighted by Gasteiger charge is -2.33. The first kappa shape index (κ1) is 18.4. The SMILES string of the molecule is N#Cc1cc(N2CCC(C(=O)Nc3ccc(Br)cn3)CC2)c2ccccc2n1. The van der Waals surface area contributed by atoms with Crippen molar-refractivity contribution in [1.29, 1.82) is 5.26 Å². The van der Waals surface area contributed by atoms with Crippen LogP contribution in [0.25, 0.3) is 10.9 Å². The number of fused-ring (bicyclic) bond motifs is 1. The van der Waals surface area contributed by atoms with Crippen LogP contribution in [0.3, 0.4) is 0 Å². The number of anilines is 2. The number of nitrogens with one attached hydrogen (secondary N) is 1. The van der Waals surface area contributed by atoms with Crippen molar-refractivity contribution < 1.29 is 4.79 Å². The van der Waals surface area contributed by atoms with Crippen molar-refractivity contribution in [3.8, 4) is 6.07 Å². The van der Waals surface area contributed by atoms with E-state index in [4.69, 9.17) is 0 Å². The third-order valence-electron chi connectivity index (χ3n) is 4.99. The predicted octanol–water partition coefficient (Wildman–Crippen LogP) is 4.12. The molecule has 1 amide bonds. The number of nitriles is 1. The van der Waals surface area contributed by atoms with E-state index < -0.39 is 0 Å². The van der Waals surface area contributed by atoms with Gasteiger partial charge in [-0.25, -0.2) is 9.97 Å². The van der Waals surface area contributed by atoms with Crippen LogP contribution in [0.5, 0.6) is 0 Å². The molecule has 3 heterocycles. The Balaban J connectivity index is 1.47. The van der Waals surface area contributed by atoms with Crippen molar-refractivity contribution >= 4 is 44.2 Å². The van der Waals surface area contributed by atoms with Crippen molar-refractivity contribution in [1.82, 2.24) is 9.97 Å². The van der Waals surface area contributed by atoms with Gasteiger partial charge >= 0.3 is 0 Å². The molecule has 0 radical (unpaired) electrons. The van der Waals surface area contributed by atoms with E-state index in [0.29, 0.717) is 11.5 Å². The number of hydrogen-bond donors (Lipinski definition) is 1. The number of para-hydroxylation sites is 1. The van der Waals surface area contributed by atoms with Crippen LogP contribution in [-0.4, -0.2) is 29.0 Å². The maximum Gasteiger partial charge on any atom is 0.228 e. The summed E-state index contributed by atoms with van der Waals surface area (Å²) >= 11 is 3.34. The van der Waals surface area contributed by atoms with Crippen molar-refractivity contribution in [2.75, 3.05) is 23.3 Å². The van der Waals surface area contributed by atoms with Gasteiger partial charge in [0.25, 0.3) is 0 Å². The van der Waals surface area contributed by atoms with Crippen molar-refractivity contribution in [2.24, 2.45) is 5.92 Å². The minimum absolute atomic E-state index is 0.00627. The number of nitrogens with zero attached hydrogens (tertiary/aromatic N) is 4. The maximum absolute atomic E-state index is 12.6. The molecule has 4 rings (SSSR count). The summed E-state index contributed by atoms with van der Waals surface area (Å²) in [5, 5.41) is 13.2. The Morgan fingerprint density at radius 2 is 2.00 bits per heavy atom. The second kappa shape index (κ2) is 7.95. The van der Waals surface area contributed by atoms with Gasteiger partial charge in [-0.15, -0.1) is 0 Å². The Labute approximate surface area is 171 Å². The lowest BCUT2D eigenvalue weighted by Crippen LogP contribution is -2.38. The number of carbonyl (C=O) groups excluding carboxylic acids is 1. The van der Waals surface area contributed by atoms with E-state index in [1.807, 2.05) is 36.4 Å². The van der Waals surface area contributed by atoms with Gasteiger partial charge in [-0.05, 0) is 53.0 Å². The molecule has 0 atom stereocenters. The van der Waals surface area contributed by atoms with Gasteiger partial charge in [-0.2, -0.15) is 5.26 Å². The summed E-state index contributed by atoms with van der Waals surface area (Å²) in [6, 6.07) is 15.5. The molecular weight excluding hydrogens is 418 g/mol. The van der Waals surface area contributed by atoms with Gasteiger partial charge in [0.1, 0.15) is 17.6 Å². The summed E-state index contributed by atoms with van der Waals surface area (Å²) in [6.45, 7) is 1.51. The molecule has 1 N–H and O–H groups in total. The highest BCUT2D eigenvalue weighted by Gasteiger charge is 2.26. The summed E-state index contributed by atoms with van der Waals surface area (Å²) in [5.74, 6) is 0.520. The van der Waals surface area contributed by atoms with Crippen LogP contribution < -0.4 is 10.2 Å². The zero-order valence-corrected chi connectivity index (χ0v) is 16.7. The number of hydrogen-bond acceptors (Lipinski definition) is 5. The first-order chi connectivity index (χ1) is 13.6. The molecule has 0 spiro atoms. The quantitative estimate of drug-likeness (QED) is 0.668. The second-order valence-corrected chi connectivity index (χ2v) is 7.68. The summed E-state index contributed by atoms with van der Waals surface area (Å²) < 4.78 is 0.875. The average Bonchev–Trinajstić information content (AvgIpc) is 2.74. The number of halogens is 1. The van der Waals surface area contributed by atoms with Gasteiger partial charge in [0.15, 0.2) is 0 Å². The molecule has 1 fully saturated rings. The van der Waals surface area contributed by atoms with E-state index in [9.17, 15) is 10.1 Å². The molecular formula is C21H18BrN5O. The van der Waals surface area contributed by atoms with Gasteiger partial charge in [0.05, 0.1) is 5.52 Å². The summed E-state index contributed by atoms with van der Waals surface area (Å²) in [4.78, 5) is 23.4. The second-order valence-electron chi connectivity index (χ2n) is 6.77. The Kier molecular flexibility index (Phi) is 5.22. The van der Waals surface area contributed by atoms with E-state index in [2.05, 4.69) is 42.2 Å². The highest BCUT2D eigenvalue weighted by atomic mass is 79.9. The topological polar surface area (TPSA) is 81.9 Å². The fourth-order valence-corrected chi connectivity index (χ4v) is 3.77. The molecule has 7 heteroatoms. The van der Waals surface area contributed by atoms with Crippen LogP contribution in [0.15, 0.2) is 53.1 Å². The van der Waals surface area contributed by atoms with Gasteiger partial charge in [-0.1, -0.05) is 18.2 Å². The number of carbonyl (C=O) groups is 1. The molecule has 0 bridgehead atoms. The highest BCUT2D eigenvalue weighted by molar-refractivity contribution is 9.10. The monoisotopic (exact) mass is 435 g/mol. The van der Waals surface area contributed by atoms with Crippen LogP contribution in [0.1, 0.15) is 18.5 Å². The first-order valence-electron chi connectivity index (χ1n) is 9.11. The number of benzene rings is 1. The van der Waals surface area contributed by atoms with Crippen LogP contribution in [0.2, 0.25) is 0 Å². The normalized spacial score (nSPS) is 14.6. The summed E-state index contributed by atoms with van der Waals surface area (Å²) in [6.07, 6.45) is 3.17. The molecule has 140 valence electrons. The van der Waals surface area contributed by atoms with Gasteiger partial charge in [0.2, 0.25) is 5.91 Å². The predicted molar refractivity (Wildman–Crippen MR) is 112 cm³/mol. The number of amides is 1. The maximum atomic E-state index is 12.6. The van der Waals surface area contributed by atoms with Crippen molar-refractivity contribution in [2.45, 2.75) is 12.8 Å².